The molecule has 21 heavy (non-hydrogen) atoms. The number of hydrazine groups is 1. The maximum absolute atomic E-state index is 12.1. The van der Waals surface area contributed by atoms with Crippen molar-refractivity contribution in [2.45, 2.75) is 26.2 Å². The zero-order valence-electron chi connectivity index (χ0n) is 11.4. The van der Waals surface area contributed by atoms with Crippen molar-refractivity contribution in [3.8, 4) is 0 Å². The van der Waals surface area contributed by atoms with Crippen molar-refractivity contribution in [3.63, 3.8) is 0 Å². The number of aromatic nitrogens is 2. The van der Waals surface area contributed by atoms with Gasteiger partial charge in [0.15, 0.2) is 5.69 Å². The summed E-state index contributed by atoms with van der Waals surface area (Å²) >= 11 is 2.45. The molecule has 1 aliphatic carbocycles. The second-order valence-electron chi connectivity index (χ2n) is 5.11. The predicted octanol–water partition coefficient (Wildman–Crippen LogP) is 1.80. The normalized spacial score (nSPS) is 17.1. The van der Waals surface area contributed by atoms with Crippen LogP contribution in [-0.2, 0) is 12.8 Å². The van der Waals surface area contributed by atoms with Crippen LogP contribution in [0.15, 0.2) is 12.3 Å². The zero-order valence-corrected chi connectivity index (χ0v) is 13.0. The number of carbonyl (C=O) groups is 2. The first-order valence-corrected chi connectivity index (χ1v) is 8.18. The Bertz CT molecular complexity index is 666. The number of thiophene rings is 1. The highest BCUT2D eigenvalue weighted by Gasteiger charge is 2.21. The molecule has 1 aliphatic rings. The van der Waals surface area contributed by atoms with Gasteiger partial charge in [-0.05, 0) is 36.8 Å². The minimum atomic E-state index is -0.466. The molecule has 2 N–H and O–H groups in total. The SMILES string of the molecule is CC1CCc2sc(C(=O)NNC(=O)c3cnsn3)cc2C1. The quantitative estimate of drug-likeness (QED) is 0.826. The van der Waals surface area contributed by atoms with Gasteiger partial charge in [0, 0.05) is 4.88 Å². The van der Waals surface area contributed by atoms with Crippen LogP contribution in [0.1, 0.15) is 43.9 Å². The van der Waals surface area contributed by atoms with Crippen molar-refractivity contribution < 1.29 is 9.59 Å². The van der Waals surface area contributed by atoms with Crippen LogP contribution < -0.4 is 10.9 Å². The summed E-state index contributed by atoms with van der Waals surface area (Å²) < 4.78 is 7.54. The van der Waals surface area contributed by atoms with Crippen LogP contribution in [0.25, 0.3) is 0 Å². The highest BCUT2D eigenvalue weighted by molar-refractivity contribution is 7.14. The average Bonchev–Trinajstić information content (AvgIpc) is 3.12. The van der Waals surface area contributed by atoms with Gasteiger partial charge in [0.05, 0.1) is 22.8 Å². The molecule has 8 heteroatoms. The number of hydrogen-bond donors (Lipinski definition) is 2. The third-order valence-corrected chi connectivity index (χ3v) is 5.15. The molecule has 0 aliphatic heterocycles. The number of nitrogens with zero attached hydrogens (tertiary/aromatic N) is 2. The second kappa shape index (κ2) is 5.90. The smallest absolute Gasteiger partial charge is 0.266 e. The molecule has 2 heterocycles. The van der Waals surface area contributed by atoms with Crippen molar-refractivity contribution in [3.05, 3.63) is 33.3 Å². The molecule has 0 saturated heterocycles. The van der Waals surface area contributed by atoms with E-state index in [1.54, 1.807) is 0 Å². The first-order chi connectivity index (χ1) is 10.1. The molecule has 0 bridgehead atoms. The molecule has 0 saturated carbocycles. The average molecular weight is 322 g/mol. The molecule has 6 nitrogen and oxygen atoms in total. The van der Waals surface area contributed by atoms with E-state index in [-0.39, 0.29) is 11.6 Å². The molecule has 1 atom stereocenters. The van der Waals surface area contributed by atoms with Gasteiger partial charge in [-0.15, -0.1) is 11.3 Å². The maximum atomic E-state index is 12.1. The minimum absolute atomic E-state index is 0.194. The third-order valence-electron chi connectivity index (χ3n) is 3.44. The van der Waals surface area contributed by atoms with E-state index >= 15 is 0 Å². The predicted molar refractivity (Wildman–Crippen MR) is 80.3 cm³/mol. The van der Waals surface area contributed by atoms with Crippen LogP contribution in [0.4, 0.5) is 0 Å². The fourth-order valence-corrected chi connectivity index (χ4v) is 3.84. The fraction of sp³-hybridized carbons (Fsp3) is 0.385. The molecule has 0 fully saturated rings. The largest absolute Gasteiger partial charge is 0.291 e. The molecule has 0 aromatic carbocycles. The lowest BCUT2D eigenvalue weighted by molar-refractivity contribution is 0.0846. The Morgan fingerprint density at radius 2 is 2.14 bits per heavy atom. The molecule has 2 aromatic rings. The summed E-state index contributed by atoms with van der Waals surface area (Å²) in [4.78, 5) is 25.6. The van der Waals surface area contributed by atoms with Crippen LogP contribution in [-0.4, -0.2) is 20.6 Å². The maximum Gasteiger partial charge on any atom is 0.291 e. The fourth-order valence-electron chi connectivity index (χ4n) is 2.32. The molecular weight excluding hydrogens is 308 g/mol. The number of rotatable bonds is 2. The number of fused-ring (bicyclic) bond motifs is 1. The summed E-state index contributed by atoms with van der Waals surface area (Å²) in [5, 5.41) is 0. The standard InChI is InChI=1S/C13H14N4O2S2/c1-7-2-3-10-8(4-7)5-11(20-10)13(19)16-15-12(18)9-6-14-21-17-9/h5-7H,2-4H2,1H3,(H,15,18)(H,16,19). The van der Waals surface area contributed by atoms with Crippen LogP contribution in [0, 0.1) is 5.92 Å². The van der Waals surface area contributed by atoms with Gasteiger partial charge < -0.3 is 0 Å². The van der Waals surface area contributed by atoms with Gasteiger partial charge in [-0.2, -0.15) is 8.75 Å². The molecule has 0 spiro atoms. The first kappa shape index (κ1) is 14.2. The highest BCUT2D eigenvalue weighted by Crippen LogP contribution is 2.32. The monoisotopic (exact) mass is 322 g/mol. The Balaban J connectivity index is 1.62. The number of carbonyl (C=O) groups excluding carboxylic acids is 2. The lowest BCUT2D eigenvalue weighted by Crippen LogP contribution is -2.41. The van der Waals surface area contributed by atoms with Gasteiger partial charge in [0.2, 0.25) is 0 Å². The highest BCUT2D eigenvalue weighted by atomic mass is 32.1. The second-order valence-corrected chi connectivity index (χ2v) is 6.80. The molecule has 2 aromatic heterocycles. The molecule has 2 amide bonds. The lowest BCUT2D eigenvalue weighted by Gasteiger charge is -2.16. The van der Waals surface area contributed by atoms with Crippen molar-refractivity contribution in [2.75, 3.05) is 0 Å². The summed E-state index contributed by atoms with van der Waals surface area (Å²) in [6.45, 7) is 2.22. The summed E-state index contributed by atoms with van der Waals surface area (Å²) in [6, 6.07) is 1.93. The van der Waals surface area contributed by atoms with Crippen molar-refractivity contribution in [1.29, 1.82) is 0 Å². The summed E-state index contributed by atoms with van der Waals surface area (Å²) in [5.41, 5.74) is 6.22. The van der Waals surface area contributed by atoms with Crippen molar-refractivity contribution in [2.24, 2.45) is 5.92 Å². The zero-order chi connectivity index (χ0) is 14.8. The van der Waals surface area contributed by atoms with Crippen LogP contribution in [0.2, 0.25) is 0 Å². The number of nitrogens with one attached hydrogen (secondary N) is 2. The van der Waals surface area contributed by atoms with Gasteiger partial charge in [0.25, 0.3) is 11.8 Å². The van der Waals surface area contributed by atoms with Gasteiger partial charge in [-0.1, -0.05) is 6.92 Å². The lowest BCUT2D eigenvalue weighted by atomic mass is 9.90. The van der Waals surface area contributed by atoms with Crippen LogP contribution in [0.5, 0.6) is 0 Å². The number of amides is 2. The van der Waals surface area contributed by atoms with E-state index in [0.29, 0.717) is 10.8 Å². The molecule has 110 valence electrons. The molecule has 0 radical (unpaired) electrons. The summed E-state index contributed by atoms with van der Waals surface area (Å²) in [6.07, 6.45) is 4.58. The van der Waals surface area contributed by atoms with Crippen molar-refractivity contribution >= 4 is 34.9 Å². The van der Waals surface area contributed by atoms with Crippen molar-refractivity contribution in [1.82, 2.24) is 19.6 Å². The van der Waals surface area contributed by atoms with E-state index in [4.69, 9.17) is 0 Å². The van der Waals surface area contributed by atoms with E-state index in [0.717, 1.165) is 24.6 Å². The van der Waals surface area contributed by atoms with E-state index < -0.39 is 5.91 Å². The van der Waals surface area contributed by atoms with E-state index in [9.17, 15) is 9.59 Å². The topological polar surface area (TPSA) is 84.0 Å². The van der Waals surface area contributed by atoms with Gasteiger partial charge in [-0.3, -0.25) is 20.4 Å². The van der Waals surface area contributed by atoms with Gasteiger partial charge in [0.1, 0.15) is 0 Å². The van der Waals surface area contributed by atoms with Crippen LogP contribution in [0.3, 0.4) is 0 Å². The Morgan fingerprint density at radius 3 is 2.90 bits per heavy atom. The van der Waals surface area contributed by atoms with Crippen LogP contribution >= 0.6 is 23.1 Å². The van der Waals surface area contributed by atoms with E-state index in [1.165, 1.54) is 34.4 Å². The molecule has 1 unspecified atom stereocenters. The van der Waals surface area contributed by atoms with Gasteiger partial charge in [-0.25, -0.2) is 0 Å². The molecular formula is C13H14N4O2S2. The third kappa shape index (κ3) is 3.11. The van der Waals surface area contributed by atoms with Gasteiger partial charge >= 0.3 is 0 Å². The Morgan fingerprint density at radius 1 is 1.33 bits per heavy atom. The van der Waals surface area contributed by atoms with E-state index in [2.05, 4.69) is 26.5 Å². The number of hydrogen-bond acceptors (Lipinski definition) is 6. The van der Waals surface area contributed by atoms with E-state index in [1.807, 2.05) is 6.07 Å². The Labute approximate surface area is 129 Å². The Hall–Kier alpha value is -1.80. The Kier molecular flexibility index (Phi) is 3.98. The summed E-state index contributed by atoms with van der Waals surface area (Å²) in [5.74, 6) is -0.0921. The minimum Gasteiger partial charge on any atom is -0.266 e. The number of aryl methyl sites for hydroxylation is 1. The first-order valence-electron chi connectivity index (χ1n) is 6.63. The molecule has 3 rings (SSSR count). The summed E-state index contributed by atoms with van der Waals surface area (Å²) in [7, 11) is 0.